The van der Waals surface area contributed by atoms with Crippen LogP contribution >= 0.6 is 0 Å². The third-order valence-corrected chi connectivity index (χ3v) is 2.06. The van der Waals surface area contributed by atoms with Crippen molar-refractivity contribution in [2.45, 2.75) is 37.9 Å². The van der Waals surface area contributed by atoms with Gasteiger partial charge in [0.15, 0.2) is 0 Å². The zero-order chi connectivity index (χ0) is 6.10. The van der Waals surface area contributed by atoms with Crippen molar-refractivity contribution in [2.24, 2.45) is 0 Å². The van der Waals surface area contributed by atoms with Crippen molar-refractivity contribution in [3.63, 3.8) is 0 Å². The minimum atomic E-state index is 0.505. The maximum absolute atomic E-state index is 5.35. The van der Waals surface area contributed by atoms with Crippen LogP contribution < -0.4 is 0 Å². The molecule has 1 saturated heterocycles. The van der Waals surface area contributed by atoms with Crippen LogP contribution in [-0.4, -0.2) is 12.2 Å². The standard InChI is InChI=1S/C8H12O/c1-2-4-6-8-7(9-8)5-3-1/h3,5,7-8H,1-2,4,6H2. The zero-order valence-corrected chi connectivity index (χ0v) is 5.55. The van der Waals surface area contributed by atoms with Crippen LogP contribution in [-0.2, 0) is 4.74 Å². The van der Waals surface area contributed by atoms with Crippen molar-refractivity contribution in [3.8, 4) is 0 Å². The Bertz CT molecular complexity index is 129. The molecule has 1 fully saturated rings. The Labute approximate surface area is 55.7 Å². The number of hydrogen-bond acceptors (Lipinski definition) is 1. The topological polar surface area (TPSA) is 12.5 Å². The number of rotatable bonds is 0. The fourth-order valence-corrected chi connectivity index (χ4v) is 1.40. The van der Waals surface area contributed by atoms with Gasteiger partial charge in [-0.05, 0) is 19.3 Å². The largest absolute Gasteiger partial charge is 0.365 e. The molecule has 2 atom stereocenters. The first-order valence-corrected chi connectivity index (χ1v) is 3.79. The minimum Gasteiger partial charge on any atom is -0.365 e. The maximum atomic E-state index is 5.35. The van der Waals surface area contributed by atoms with Crippen molar-refractivity contribution < 1.29 is 4.74 Å². The molecule has 2 rings (SSSR count). The Morgan fingerprint density at radius 1 is 1.33 bits per heavy atom. The summed E-state index contributed by atoms with van der Waals surface area (Å²) < 4.78 is 5.35. The molecule has 0 radical (unpaired) electrons. The highest BCUT2D eigenvalue weighted by molar-refractivity contribution is 5.03. The molecule has 9 heavy (non-hydrogen) atoms. The Kier molecular flexibility index (Phi) is 1.31. The lowest BCUT2D eigenvalue weighted by molar-refractivity contribution is 0.376. The highest BCUT2D eigenvalue weighted by atomic mass is 16.6. The number of allylic oxidation sites excluding steroid dienone is 1. The van der Waals surface area contributed by atoms with Crippen LogP contribution in [0.15, 0.2) is 12.2 Å². The number of ether oxygens (including phenoxy) is 1. The quantitative estimate of drug-likeness (QED) is 0.355. The second kappa shape index (κ2) is 2.14. The van der Waals surface area contributed by atoms with Gasteiger partial charge in [-0.15, -0.1) is 0 Å². The lowest BCUT2D eigenvalue weighted by atomic mass is 10.1. The van der Waals surface area contributed by atoms with E-state index in [0.717, 1.165) is 0 Å². The molecule has 1 aliphatic heterocycles. The highest BCUT2D eigenvalue weighted by Gasteiger charge is 2.35. The molecule has 0 aromatic heterocycles. The molecule has 1 nitrogen and oxygen atoms in total. The van der Waals surface area contributed by atoms with Gasteiger partial charge in [-0.3, -0.25) is 0 Å². The molecule has 50 valence electrons. The summed E-state index contributed by atoms with van der Waals surface area (Å²) in [6, 6.07) is 0. The van der Waals surface area contributed by atoms with Gasteiger partial charge in [-0.25, -0.2) is 0 Å². The van der Waals surface area contributed by atoms with Crippen molar-refractivity contribution in [3.05, 3.63) is 12.2 Å². The van der Waals surface area contributed by atoms with E-state index < -0.39 is 0 Å². The number of epoxide rings is 1. The van der Waals surface area contributed by atoms with Gasteiger partial charge in [0.05, 0.1) is 6.10 Å². The van der Waals surface area contributed by atoms with Crippen molar-refractivity contribution >= 4 is 0 Å². The third-order valence-electron chi connectivity index (χ3n) is 2.06. The first-order chi connectivity index (χ1) is 4.47. The van der Waals surface area contributed by atoms with Crippen LogP contribution in [0.1, 0.15) is 25.7 Å². The second-order valence-corrected chi connectivity index (χ2v) is 2.85. The summed E-state index contributed by atoms with van der Waals surface area (Å²) in [6.07, 6.45) is 10.8. The summed E-state index contributed by atoms with van der Waals surface area (Å²) >= 11 is 0. The molecule has 0 amide bonds. The lowest BCUT2D eigenvalue weighted by Crippen LogP contribution is -1.92. The zero-order valence-electron chi connectivity index (χ0n) is 5.55. The van der Waals surface area contributed by atoms with E-state index in [0.29, 0.717) is 12.2 Å². The van der Waals surface area contributed by atoms with E-state index in [9.17, 15) is 0 Å². The molecule has 0 spiro atoms. The normalized spacial score (nSPS) is 40.9. The molecular weight excluding hydrogens is 112 g/mol. The second-order valence-electron chi connectivity index (χ2n) is 2.85. The van der Waals surface area contributed by atoms with E-state index in [1.807, 2.05) is 0 Å². The third kappa shape index (κ3) is 1.16. The van der Waals surface area contributed by atoms with Gasteiger partial charge in [-0.1, -0.05) is 18.6 Å². The monoisotopic (exact) mass is 124 g/mol. The van der Waals surface area contributed by atoms with Crippen LogP contribution in [0.4, 0.5) is 0 Å². The van der Waals surface area contributed by atoms with E-state index in [1.54, 1.807) is 0 Å². The first kappa shape index (κ1) is 5.48. The maximum Gasteiger partial charge on any atom is 0.102 e. The molecular formula is C8H12O. The molecule has 0 saturated carbocycles. The summed E-state index contributed by atoms with van der Waals surface area (Å²) in [5.41, 5.74) is 0. The lowest BCUT2D eigenvalue weighted by Gasteiger charge is -1.96. The van der Waals surface area contributed by atoms with Crippen LogP contribution in [0.5, 0.6) is 0 Å². The molecule has 1 heterocycles. The van der Waals surface area contributed by atoms with E-state index in [4.69, 9.17) is 4.74 Å². The molecule has 1 heteroatoms. The minimum absolute atomic E-state index is 0.505. The molecule has 0 bridgehead atoms. The van der Waals surface area contributed by atoms with Gasteiger partial charge < -0.3 is 4.74 Å². The summed E-state index contributed by atoms with van der Waals surface area (Å²) in [7, 11) is 0. The molecule has 0 aromatic carbocycles. The summed E-state index contributed by atoms with van der Waals surface area (Å²) in [4.78, 5) is 0. The number of fused-ring (bicyclic) bond motifs is 1. The van der Waals surface area contributed by atoms with Gasteiger partial charge in [0.2, 0.25) is 0 Å². The fourth-order valence-electron chi connectivity index (χ4n) is 1.40. The van der Waals surface area contributed by atoms with Crippen LogP contribution in [0.3, 0.4) is 0 Å². The average Bonchev–Trinajstić information content (AvgIpc) is 2.46. The average molecular weight is 124 g/mol. The van der Waals surface area contributed by atoms with Crippen LogP contribution in [0, 0.1) is 0 Å². The Balaban J connectivity index is 1.95. The summed E-state index contributed by atoms with van der Waals surface area (Å²) in [5.74, 6) is 0. The van der Waals surface area contributed by atoms with Crippen molar-refractivity contribution in [1.82, 2.24) is 0 Å². The molecule has 1 aliphatic carbocycles. The highest BCUT2D eigenvalue weighted by Crippen LogP contribution is 2.30. The van der Waals surface area contributed by atoms with Gasteiger partial charge in [0.25, 0.3) is 0 Å². The smallest absolute Gasteiger partial charge is 0.102 e. The predicted octanol–water partition coefficient (Wildman–Crippen LogP) is 1.88. The summed E-state index contributed by atoms with van der Waals surface area (Å²) in [5, 5.41) is 0. The van der Waals surface area contributed by atoms with E-state index >= 15 is 0 Å². The number of hydrogen-bond donors (Lipinski definition) is 0. The predicted molar refractivity (Wildman–Crippen MR) is 36.3 cm³/mol. The molecule has 0 aromatic rings. The van der Waals surface area contributed by atoms with Crippen LogP contribution in [0.2, 0.25) is 0 Å². The van der Waals surface area contributed by atoms with Gasteiger partial charge >= 0.3 is 0 Å². The first-order valence-electron chi connectivity index (χ1n) is 3.79. The molecule has 2 unspecified atom stereocenters. The van der Waals surface area contributed by atoms with E-state index in [2.05, 4.69) is 12.2 Å². The Morgan fingerprint density at radius 3 is 3.33 bits per heavy atom. The van der Waals surface area contributed by atoms with Gasteiger partial charge in [-0.2, -0.15) is 0 Å². The SMILES string of the molecule is C1=CC2OC2CCCC1. The summed E-state index contributed by atoms with van der Waals surface area (Å²) in [6.45, 7) is 0. The van der Waals surface area contributed by atoms with Crippen molar-refractivity contribution in [2.75, 3.05) is 0 Å². The molecule has 2 aliphatic rings. The van der Waals surface area contributed by atoms with Gasteiger partial charge in [0.1, 0.15) is 6.10 Å². The van der Waals surface area contributed by atoms with E-state index in [1.165, 1.54) is 25.7 Å². The van der Waals surface area contributed by atoms with E-state index in [-0.39, 0.29) is 0 Å². The van der Waals surface area contributed by atoms with Crippen LogP contribution in [0.25, 0.3) is 0 Å². The Morgan fingerprint density at radius 2 is 2.33 bits per heavy atom. The molecule has 0 N–H and O–H groups in total. The van der Waals surface area contributed by atoms with Crippen molar-refractivity contribution in [1.29, 1.82) is 0 Å². The fraction of sp³-hybridized carbons (Fsp3) is 0.750. The Hall–Kier alpha value is -0.300. The van der Waals surface area contributed by atoms with Gasteiger partial charge in [0, 0.05) is 0 Å².